The summed E-state index contributed by atoms with van der Waals surface area (Å²) in [5.41, 5.74) is 1.85. The van der Waals surface area contributed by atoms with Crippen molar-refractivity contribution in [1.29, 1.82) is 0 Å². The van der Waals surface area contributed by atoms with Gasteiger partial charge in [-0.25, -0.2) is 4.79 Å². The standard InChI is InChI=1S/C22H21NO4/c1-2-18-14-26-11-10-23(18)21(24)17-8-5-7-15(12-17)19-13-16-6-3-4-9-20(16)27-22(19)25/h3-9,12-13,18H,2,10-11,14H2,1H3/t18-/m0/s1. The van der Waals surface area contributed by atoms with Gasteiger partial charge in [-0.1, -0.05) is 37.3 Å². The van der Waals surface area contributed by atoms with E-state index in [1.807, 2.05) is 35.2 Å². The maximum Gasteiger partial charge on any atom is 0.344 e. The first kappa shape index (κ1) is 17.5. The zero-order chi connectivity index (χ0) is 18.8. The van der Waals surface area contributed by atoms with Crippen molar-refractivity contribution in [2.45, 2.75) is 19.4 Å². The van der Waals surface area contributed by atoms with Crippen LogP contribution in [0.1, 0.15) is 23.7 Å². The lowest BCUT2D eigenvalue weighted by atomic mass is 10.0. The first-order valence-electron chi connectivity index (χ1n) is 9.19. The van der Waals surface area contributed by atoms with Crippen LogP contribution in [0, 0.1) is 0 Å². The highest BCUT2D eigenvalue weighted by Crippen LogP contribution is 2.23. The Balaban J connectivity index is 1.71. The lowest BCUT2D eigenvalue weighted by molar-refractivity contribution is -0.00279. The molecule has 1 fully saturated rings. The summed E-state index contributed by atoms with van der Waals surface area (Å²) in [6, 6.07) is 16.5. The molecule has 5 heteroatoms. The zero-order valence-corrected chi connectivity index (χ0v) is 15.2. The molecule has 0 aliphatic carbocycles. The van der Waals surface area contributed by atoms with E-state index < -0.39 is 5.63 Å². The molecule has 1 saturated heterocycles. The summed E-state index contributed by atoms with van der Waals surface area (Å²) < 4.78 is 10.9. The zero-order valence-electron chi connectivity index (χ0n) is 15.2. The Labute approximate surface area is 157 Å². The lowest BCUT2D eigenvalue weighted by Crippen LogP contribution is -2.48. The quantitative estimate of drug-likeness (QED) is 0.666. The van der Waals surface area contributed by atoms with E-state index in [9.17, 15) is 9.59 Å². The first-order valence-corrected chi connectivity index (χ1v) is 9.19. The minimum Gasteiger partial charge on any atom is -0.422 e. The van der Waals surface area contributed by atoms with Crippen LogP contribution in [0.25, 0.3) is 22.1 Å². The van der Waals surface area contributed by atoms with E-state index in [1.165, 1.54) is 0 Å². The second-order valence-corrected chi connectivity index (χ2v) is 6.70. The molecular formula is C22H21NO4. The fraction of sp³-hybridized carbons (Fsp3) is 0.273. The highest BCUT2D eigenvalue weighted by atomic mass is 16.5. The number of hydrogen-bond acceptors (Lipinski definition) is 4. The van der Waals surface area contributed by atoms with Crippen molar-refractivity contribution in [2.24, 2.45) is 0 Å². The largest absolute Gasteiger partial charge is 0.422 e. The summed E-state index contributed by atoms with van der Waals surface area (Å²) in [7, 11) is 0. The Hall–Kier alpha value is -2.92. The van der Waals surface area contributed by atoms with E-state index in [2.05, 4.69) is 6.92 Å². The van der Waals surface area contributed by atoms with Gasteiger partial charge >= 0.3 is 5.63 Å². The SMILES string of the molecule is CC[C@H]1COCCN1C(=O)c1cccc(-c2cc3ccccc3oc2=O)c1. The van der Waals surface area contributed by atoms with Crippen LogP contribution in [-0.2, 0) is 4.74 Å². The molecule has 1 atom stereocenters. The smallest absolute Gasteiger partial charge is 0.344 e. The number of nitrogens with zero attached hydrogens (tertiary/aromatic N) is 1. The molecule has 4 rings (SSSR count). The van der Waals surface area contributed by atoms with Gasteiger partial charge in [-0.05, 0) is 36.2 Å². The second-order valence-electron chi connectivity index (χ2n) is 6.70. The van der Waals surface area contributed by atoms with Crippen molar-refractivity contribution in [3.8, 4) is 11.1 Å². The molecular weight excluding hydrogens is 342 g/mol. The number of rotatable bonds is 3. The van der Waals surface area contributed by atoms with Gasteiger partial charge in [0.15, 0.2) is 0 Å². The molecule has 0 unspecified atom stereocenters. The molecule has 0 N–H and O–H groups in total. The van der Waals surface area contributed by atoms with Crippen LogP contribution in [0.5, 0.6) is 0 Å². The van der Waals surface area contributed by atoms with Crippen LogP contribution in [0.15, 0.2) is 63.8 Å². The van der Waals surface area contributed by atoms with E-state index >= 15 is 0 Å². The van der Waals surface area contributed by atoms with Crippen LogP contribution in [-0.4, -0.2) is 36.6 Å². The normalized spacial score (nSPS) is 17.2. The van der Waals surface area contributed by atoms with Gasteiger partial charge in [-0.15, -0.1) is 0 Å². The molecule has 138 valence electrons. The fourth-order valence-electron chi connectivity index (χ4n) is 3.51. The summed E-state index contributed by atoms with van der Waals surface area (Å²) in [5, 5.41) is 0.850. The van der Waals surface area contributed by atoms with E-state index in [4.69, 9.17) is 9.15 Å². The van der Waals surface area contributed by atoms with Gasteiger partial charge < -0.3 is 14.1 Å². The average Bonchev–Trinajstić information content (AvgIpc) is 2.72. The number of para-hydroxylation sites is 1. The summed E-state index contributed by atoms with van der Waals surface area (Å²) in [6.45, 7) is 3.75. The van der Waals surface area contributed by atoms with E-state index in [0.717, 1.165) is 11.8 Å². The van der Waals surface area contributed by atoms with Crippen molar-refractivity contribution in [2.75, 3.05) is 19.8 Å². The third kappa shape index (κ3) is 3.38. The minimum absolute atomic E-state index is 0.0304. The Bertz CT molecular complexity index is 1040. The van der Waals surface area contributed by atoms with Gasteiger partial charge in [0.2, 0.25) is 0 Å². The molecule has 27 heavy (non-hydrogen) atoms. The van der Waals surface area contributed by atoms with Gasteiger partial charge in [-0.3, -0.25) is 4.79 Å². The Morgan fingerprint density at radius 2 is 2.00 bits per heavy atom. The predicted octanol–water partition coefficient (Wildman–Crippen LogP) is 3.71. The van der Waals surface area contributed by atoms with Crippen LogP contribution in [0.2, 0.25) is 0 Å². The maximum absolute atomic E-state index is 13.0. The van der Waals surface area contributed by atoms with Crippen molar-refractivity contribution < 1.29 is 13.9 Å². The number of benzene rings is 2. The van der Waals surface area contributed by atoms with Crippen molar-refractivity contribution in [3.63, 3.8) is 0 Å². The number of morpholine rings is 1. The number of hydrogen-bond donors (Lipinski definition) is 0. The lowest BCUT2D eigenvalue weighted by Gasteiger charge is -2.35. The molecule has 0 radical (unpaired) electrons. The number of ether oxygens (including phenoxy) is 1. The number of amides is 1. The topological polar surface area (TPSA) is 59.8 Å². The highest BCUT2D eigenvalue weighted by molar-refractivity contribution is 5.96. The van der Waals surface area contributed by atoms with E-state index in [1.54, 1.807) is 24.3 Å². The molecule has 2 aromatic carbocycles. The van der Waals surface area contributed by atoms with E-state index in [-0.39, 0.29) is 11.9 Å². The number of fused-ring (bicyclic) bond motifs is 1. The van der Waals surface area contributed by atoms with Crippen LogP contribution in [0.3, 0.4) is 0 Å². The molecule has 2 heterocycles. The highest BCUT2D eigenvalue weighted by Gasteiger charge is 2.27. The molecule has 0 saturated carbocycles. The summed E-state index contributed by atoms with van der Waals surface area (Å²) in [6.07, 6.45) is 0.847. The third-order valence-corrected chi connectivity index (χ3v) is 5.02. The summed E-state index contributed by atoms with van der Waals surface area (Å²) in [5.74, 6) is -0.0304. The predicted molar refractivity (Wildman–Crippen MR) is 104 cm³/mol. The van der Waals surface area contributed by atoms with Crippen LogP contribution in [0.4, 0.5) is 0 Å². The molecule has 1 amide bonds. The number of carbonyl (C=O) groups is 1. The fourth-order valence-corrected chi connectivity index (χ4v) is 3.51. The van der Waals surface area contributed by atoms with Crippen molar-refractivity contribution >= 4 is 16.9 Å². The third-order valence-electron chi connectivity index (χ3n) is 5.02. The molecule has 1 aliphatic heterocycles. The first-order chi connectivity index (χ1) is 13.2. The Kier molecular flexibility index (Phi) is 4.77. The molecule has 1 aromatic heterocycles. The van der Waals surface area contributed by atoms with Crippen LogP contribution < -0.4 is 5.63 Å². The van der Waals surface area contributed by atoms with Gasteiger partial charge in [0.25, 0.3) is 5.91 Å². The molecule has 3 aromatic rings. The molecule has 1 aliphatic rings. The maximum atomic E-state index is 13.0. The Morgan fingerprint density at radius 3 is 2.85 bits per heavy atom. The van der Waals surface area contributed by atoms with Gasteiger partial charge in [-0.2, -0.15) is 0 Å². The van der Waals surface area contributed by atoms with Gasteiger partial charge in [0, 0.05) is 17.5 Å². The Morgan fingerprint density at radius 1 is 1.15 bits per heavy atom. The molecule has 0 bridgehead atoms. The van der Waals surface area contributed by atoms with E-state index in [0.29, 0.717) is 42.0 Å². The number of carbonyl (C=O) groups excluding carboxylic acids is 1. The van der Waals surface area contributed by atoms with Crippen molar-refractivity contribution in [3.05, 3.63) is 70.6 Å². The second kappa shape index (κ2) is 7.37. The van der Waals surface area contributed by atoms with Gasteiger partial charge in [0.05, 0.1) is 24.8 Å². The molecule has 5 nitrogen and oxygen atoms in total. The van der Waals surface area contributed by atoms with Crippen LogP contribution >= 0.6 is 0 Å². The van der Waals surface area contributed by atoms with Crippen molar-refractivity contribution in [1.82, 2.24) is 4.90 Å². The molecule has 0 spiro atoms. The average molecular weight is 363 g/mol. The minimum atomic E-state index is -0.406. The summed E-state index contributed by atoms with van der Waals surface area (Å²) in [4.78, 5) is 27.3. The monoisotopic (exact) mass is 363 g/mol. The summed E-state index contributed by atoms with van der Waals surface area (Å²) >= 11 is 0. The van der Waals surface area contributed by atoms with Gasteiger partial charge in [0.1, 0.15) is 5.58 Å².